The lowest BCUT2D eigenvalue weighted by atomic mass is 9.94. The van der Waals surface area contributed by atoms with Gasteiger partial charge in [0.1, 0.15) is 5.82 Å². The molecule has 0 aromatic carbocycles. The van der Waals surface area contributed by atoms with Crippen LogP contribution in [0.1, 0.15) is 12.8 Å². The maximum Gasteiger partial charge on any atom is 0.150 e. The number of nitrogens with zero attached hydrogens (tertiary/aromatic N) is 2. The summed E-state index contributed by atoms with van der Waals surface area (Å²) in [7, 11) is 1.94. The van der Waals surface area contributed by atoms with Gasteiger partial charge in [0.05, 0.1) is 17.0 Å². The fourth-order valence-corrected chi connectivity index (χ4v) is 3.41. The summed E-state index contributed by atoms with van der Waals surface area (Å²) in [5.74, 6) is 1.56. The molecule has 102 valence electrons. The molecule has 2 aromatic rings. The van der Waals surface area contributed by atoms with Crippen LogP contribution in [0.15, 0.2) is 29.9 Å². The van der Waals surface area contributed by atoms with Crippen molar-refractivity contribution in [1.82, 2.24) is 14.9 Å². The number of thiophene rings is 1. The van der Waals surface area contributed by atoms with Gasteiger partial charge in [-0.3, -0.25) is 0 Å². The van der Waals surface area contributed by atoms with Crippen molar-refractivity contribution in [3.8, 4) is 10.7 Å². The summed E-state index contributed by atoms with van der Waals surface area (Å²) in [6, 6.07) is 4.12. The number of imidazole rings is 1. The molecule has 0 saturated heterocycles. The van der Waals surface area contributed by atoms with Crippen LogP contribution >= 0.6 is 11.3 Å². The second-order valence-electron chi connectivity index (χ2n) is 5.19. The zero-order valence-corrected chi connectivity index (χ0v) is 11.9. The molecule has 1 aliphatic carbocycles. The van der Waals surface area contributed by atoms with Crippen molar-refractivity contribution in [3.05, 3.63) is 29.9 Å². The van der Waals surface area contributed by atoms with Crippen LogP contribution in [0.3, 0.4) is 0 Å². The molecule has 1 fully saturated rings. The summed E-state index contributed by atoms with van der Waals surface area (Å²) in [6.45, 7) is 0.925. The van der Waals surface area contributed by atoms with Crippen molar-refractivity contribution >= 4 is 11.3 Å². The number of nitrogens with one attached hydrogen (secondary N) is 1. The first kappa shape index (κ1) is 12.8. The molecule has 0 aliphatic heterocycles. The average molecular weight is 277 g/mol. The SMILES string of the molecule is CNC(CO)(Cn1ccnc1-c1cccs1)C1CC1. The standard InChI is InChI=1S/C14H19N3OS/c1-15-14(10-18,11-4-5-11)9-17-7-6-16-13(17)12-3-2-8-19-12/h2-3,6-8,11,15,18H,4-5,9-10H2,1H3. The third-order valence-electron chi connectivity index (χ3n) is 4.05. The minimum Gasteiger partial charge on any atom is -0.394 e. The molecular weight excluding hydrogens is 258 g/mol. The molecule has 1 saturated carbocycles. The van der Waals surface area contributed by atoms with Crippen LogP contribution in [0.4, 0.5) is 0 Å². The molecule has 0 amide bonds. The Morgan fingerprint density at radius 2 is 2.42 bits per heavy atom. The monoisotopic (exact) mass is 277 g/mol. The van der Waals surface area contributed by atoms with E-state index in [0.717, 1.165) is 12.4 Å². The van der Waals surface area contributed by atoms with Crippen molar-refractivity contribution < 1.29 is 5.11 Å². The van der Waals surface area contributed by atoms with Gasteiger partial charge in [-0.15, -0.1) is 11.3 Å². The Hall–Kier alpha value is -1.17. The van der Waals surface area contributed by atoms with Crippen molar-refractivity contribution in [2.75, 3.05) is 13.7 Å². The normalized spacial score (nSPS) is 18.4. The predicted octanol–water partition coefficient (Wildman–Crippen LogP) is 1.97. The highest BCUT2D eigenvalue weighted by atomic mass is 32.1. The van der Waals surface area contributed by atoms with E-state index in [2.05, 4.69) is 26.3 Å². The largest absolute Gasteiger partial charge is 0.394 e. The Morgan fingerprint density at radius 3 is 3.00 bits per heavy atom. The van der Waals surface area contributed by atoms with Gasteiger partial charge >= 0.3 is 0 Å². The second-order valence-corrected chi connectivity index (χ2v) is 6.14. The molecule has 2 aromatic heterocycles. The van der Waals surface area contributed by atoms with Crippen LogP contribution in [0.5, 0.6) is 0 Å². The lowest BCUT2D eigenvalue weighted by molar-refractivity contribution is 0.130. The topological polar surface area (TPSA) is 50.1 Å². The van der Waals surface area contributed by atoms with Crippen molar-refractivity contribution in [1.29, 1.82) is 0 Å². The highest BCUT2D eigenvalue weighted by Crippen LogP contribution is 2.40. The Labute approximate surface area is 117 Å². The lowest BCUT2D eigenvalue weighted by Gasteiger charge is -2.32. The van der Waals surface area contributed by atoms with Gasteiger partial charge in [0.2, 0.25) is 0 Å². The molecule has 1 aliphatic rings. The van der Waals surface area contributed by atoms with Crippen molar-refractivity contribution in [3.63, 3.8) is 0 Å². The number of aliphatic hydroxyl groups is 1. The Bertz CT molecular complexity index is 527. The van der Waals surface area contributed by atoms with E-state index in [0.29, 0.717) is 5.92 Å². The molecular formula is C14H19N3OS. The van der Waals surface area contributed by atoms with Gasteiger partial charge in [0.15, 0.2) is 0 Å². The summed E-state index contributed by atoms with van der Waals surface area (Å²) >= 11 is 1.69. The van der Waals surface area contributed by atoms with Crippen LogP contribution in [0.25, 0.3) is 10.7 Å². The smallest absolute Gasteiger partial charge is 0.150 e. The van der Waals surface area contributed by atoms with E-state index in [9.17, 15) is 5.11 Å². The molecule has 19 heavy (non-hydrogen) atoms. The summed E-state index contributed by atoms with van der Waals surface area (Å²) in [5.41, 5.74) is -0.216. The van der Waals surface area contributed by atoms with Crippen LogP contribution in [-0.2, 0) is 6.54 Å². The van der Waals surface area contributed by atoms with E-state index in [1.807, 2.05) is 25.5 Å². The quantitative estimate of drug-likeness (QED) is 0.849. The van der Waals surface area contributed by atoms with E-state index in [1.54, 1.807) is 11.3 Å². The number of aromatic nitrogens is 2. The van der Waals surface area contributed by atoms with Gasteiger partial charge in [-0.05, 0) is 37.3 Å². The summed E-state index contributed by atoms with van der Waals surface area (Å²) in [5, 5.41) is 15.2. The van der Waals surface area contributed by atoms with E-state index in [1.165, 1.54) is 17.7 Å². The Morgan fingerprint density at radius 1 is 1.58 bits per heavy atom. The first-order chi connectivity index (χ1) is 9.29. The zero-order valence-electron chi connectivity index (χ0n) is 11.0. The molecule has 0 bridgehead atoms. The molecule has 2 N–H and O–H groups in total. The summed E-state index contributed by atoms with van der Waals surface area (Å²) in [4.78, 5) is 5.63. The van der Waals surface area contributed by atoms with Gasteiger partial charge < -0.3 is 15.0 Å². The molecule has 0 spiro atoms. The van der Waals surface area contributed by atoms with Crippen molar-refractivity contribution in [2.24, 2.45) is 5.92 Å². The minimum atomic E-state index is -0.216. The molecule has 1 atom stereocenters. The van der Waals surface area contributed by atoms with E-state index in [-0.39, 0.29) is 12.1 Å². The first-order valence-electron chi connectivity index (χ1n) is 6.64. The van der Waals surface area contributed by atoms with Crippen LogP contribution in [-0.4, -0.2) is 33.9 Å². The number of likely N-dealkylation sites (N-methyl/N-ethyl adjacent to an activating group) is 1. The van der Waals surface area contributed by atoms with Gasteiger partial charge in [-0.1, -0.05) is 6.07 Å². The number of hydrogen-bond donors (Lipinski definition) is 2. The fourth-order valence-electron chi connectivity index (χ4n) is 2.68. The van der Waals surface area contributed by atoms with Crippen molar-refractivity contribution in [2.45, 2.75) is 24.9 Å². The maximum atomic E-state index is 9.81. The van der Waals surface area contributed by atoms with E-state index < -0.39 is 0 Å². The molecule has 4 nitrogen and oxygen atoms in total. The fraction of sp³-hybridized carbons (Fsp3) is 0.500. The van der Waals surface area contributed by atoms with Crippen LogP contribution in [0.2, 0.25) is 0 Å². The average Bonchev–Trinajstić information content (AvgIpc) is 2.98. The van der Waals surface area contributed by atoms with Gasteiger partial charge in [0.25, 0.3) is 0 Å². The van der Waals surface area contributed by atoms with Gasteiger partial charge in [-0.25, -0.2) is 4.98 Å². The lowest BCUT2D eigenvalue weighted by Crippen LogP contribution is -2.52. The summed E-state index contributed by atoms with van der Waals surface area (Å²) in [6.07, 6.45) is 6.23. The molecule has 5 heteroatoms. The van der Waals surface area contributed by atoms with Crippen LogP contribution < -0.4 is 5.32 Å². The number of hydrogen-bond acceptors (Lipinski definition) is 4. The second kappa shape index (κ2) is 5.07. The van der Waals surface area contributed by atoms with Gasteiger partial charge in [-0.2, -0.15) is 0 Å². The maximum absolute atomic E-state index is 9.81. The van der Waals surface area contributed by atoms with E-state index >= 15 is 0 Å². The molecule has 3 rings (SSSR count). The highest BCUT2D eigenvalue weighted by Gasteiger charge is 2.44. The molecule has 2 heterocycles. The minimum absolute atomic E-state index is 0.163. The number of rotatable bonds is 6. The zero-order chi connectivity index (χ0) is 13.3. The highest BCUT2D eigenvalue weighted by molar-refractivity contribution is 7.13. The van der Waals surface area contributed by atoms with E-state index in [4.69, 9.17) is 0 Å². The first-order valence-corrected chi connectivity index (χ1v) is 7.52. The van der Waals surface area contributed by atoms with Crippen LogP contribution in [0, 0.1) is 5.92 Å². The molecule has 1 unspecified atom stereocenters. The third-order valence-corrected chi connectivity index (χ3v) is 4.91. The predicted molar refractivity (Wildman–Crippen MR) is 77.1 cm³/mol. The Balaban J connectivity index is 1.89. The number of aliphatic hydroxyl groups excluding tert-OH is 1. The Kier molecular flexibility index (Phi) is 3.43. The third kappa shape index (κ3) is 2.33. The van der Waals surface area contributed by atoms with Gasteiger partial charge in [0, 0.05) is 18.9 Å². The molecule has 0 radical (unpaired) electrons. The summed E-state index contributed by atoms with van der Waals surface area (Å²) < 4.78 is 2.15.